The normalized spacial score (nSPS) is 25.6. The second-order valence-corrected chi connectivity index (χ2v) is 5.77. The van der Waals surface area contributed by atoms with Crippen molar-refractivity contribution in [2.75, 3.05) is 0 Å². The molecule has 0 amide bonds. The molecule has 2 bridgehead atoms. The fourth-order valence-electron chi connectivity index (χ4n) is 3.21. The van der Waals surface area contributed by atoms with E-state index in [0.717, 1.165) is 24.5 Å². The number of halogens is 3. The van der Waals surface area contributed by atoms with Crippen LogP contribution in [-0.2, 0) is 12.6 Å². The van der Waals surface area contributed by atoms with Crippen LogP contribution < -0.4 is 5.32 Å². The maximum atomic E-state index is 12.7. The Kier molecular flexibility index (Phi) is 3.59. The topological polar surface area (TPSA) is 12.0 Å². The second-order valence-electron chi connectivity index (χ2n) is 5.77. The molecule has 0 spiro atoms. The van der Waals surface area contributed by atoms with Crippen LogP contribution >= 0.6 is 0 Å². The molecule has 108 valence electrons. The molecule has 20 heavy (non-hydrogen) atoms. The van der Waals surface area contributed by atoms with Crippen molar-refractivity contribution in [1.82, 2.24) is 5.32 Å². The molecule has 1 N–H and O–H groups in total. The third kappa shape index (κ3) is 3.06. The van der Waals surface area contributed by atoms with Crippen LogP contribution in [0.25, 0.3) is 0 Å². The molecular formula is C16H18F3N. The van der Waals surface area contributed by atoms with Crippen molar-refractivity contribution in [2.24, 2.45) is 0 Å². The summed E-state index contributed by atoms with van der Waals surface area (Å²) < 4.78 is 38.0. The monoisotopic (exact) mass is 281 g/mol. The van der Waals surface area contributed by atoms with Gasteiger partial charge in [0.1, 0.15) is 0 Å². The smallest absolute Gasteiger partial charge is 0.307 e. The van der Waals surface area contributed by atoms with E-state index in [1.54, 1.807) is 6.07 Å². The highest BCUT2D eigenvalue weighted by Gasteiger charge is 2.30. The summed E-state index contributed by atoms with van der Waals surface area (Å²) in [7, 11) is 0. The molecule has 2 aliphatic heterocycles. The van der Waals surface area contributed by atoms with E-state index in [0.29, 0.717) is 18.5 Å². The van der Waals surface area contributed by atoms with Gasteiger partial charge in [0, 0.05) is 12.1 Å². The van der Waals surface area contributed by atoms with Crippen LogP contribution in [0.15, 0.2) is 35.9 Å². The van der Waals surface area contributed by atoms with Gasteiger partial charge in [0.05, 0.1) is 5.56 Å². The van der Waals surface area contributed by atoms with E-state index in [1.807, 2.05) is 0 Å². The van der Waals surface area contributed by atoms with Crippen LogP contribution in [0.5, 0.6) is 0 Å². The maximum absolute atomic E-state index is 12.7. The zero-order valence-corrected chi connectivity index (χ0v) is 11.2. The predicted octanol–water partition coefficient (Wildman–Crippen LogP) is 4.09. The number of hydrogen-bond acceptors (Lipinski definition) is 1. The van der Waals surface area contributed by atoms with E-state index in [4.69, 9.17) is 0 Å². The van der Waals surface area contributed by atoms with Crippen LogP contribution in [0.1, 0.15) is 36.8 Å². The molecule has 4 heteroatoms. The lowest BCUT2D eigenvalue weighted by atomic mass is 9.96. The maximum Gasteiger partial charge on any atom is 0.416 e. The van der Waals surface area contributed by atoms with E-state index >= 15 is 0 Å². The molecule has 0 aromatic heterocycles. The van der Waals surface area contributed by atoms with Gasteiger partial charge in [-0.25, -0.2) is 0 Å². The lowest BCUT2D eigenvalue weighted by Crippen LogP contribution is -2.32. The standard InChI is InChI=1S/C16H18F3N/c17-16(18,19)13-3-1-2-11(8-13)4-5-12-9-14-6-7-15(10-12)20-14/h1-3,8-9,14-15,20H,4-7,10H2. The minimum Gasteiger partial charge on any atom is -0.307 e. The Hall–Kier alpha value is -1.29. The molecule has 0 radical (unpaired) electrons. The van der Waals surface area contributed by atoms with Gasteiger partial charge in [0.25, 0.3) is 0 Å². The first-order chi connectivity index (χ1) is 9.50. The number of fused-ring (bicyclic) bond motifs is 2. The van der Waals surface area contributed by atoms with Crippen LogP contribution in [0.2, 0.25) is 0 Å². The van der Waals surface area contributed by atoms with Gasteiger partial charge < -0.3 is 5.32 Å². The zero-order valence-electron chi connectivity index (χ0n) is 11.2. The summed E-state index contributed by atoms with van der Waals surface area (Å²) in [5.74, 6) is 0. The minimum atomic E-state index is -4.25. The summed E-state index contributed by atoms with van der Waals surface area (Å²) in [6.45, 7) is 0. The van der Waals surface area contributed by atoms with Gasteiger partial charge in [-0.2, -0.15) is 13.2 Å². The second kappa shape index (κ2) is 5.24. The summed E-state index contributed by atoms with van der Waals surface area (Å²) in [5.41, 5.74) is 1.62. The van der Waals surface area contributed by atoms with Gasteiger partial charge >= 0.3 is 6.18 Å². The lowest BCUT2D eigenvalue weighted by molar-refractivity contribution is -0.137. The molecule has 2 atom stereocenters. The summed E-state index contributed by atoms with van der Waals surface area (Å²) >= 11 is 0. The van der Waals surface area contributed by atoms with E-state index in [9.17, 15) is 13.2 Å². The molecule has 0 aliphatic carbocycles. The van der Waals surface area contributed by atoms with Crippen molar-refractivity contribution in [2.45, 2.75) is 50.4 Å². The molecule has 0 saturated carbocycles. The van der Waals surface area contributed by atoms with Crippen molar-refractivity contribution in [3.05, 3.63) is 47.0 Å². The quantitative estimate of drug-likeness (QED) is 0.823. The molecular weight excluding hydrogens is 263 g/mol. The predicted molar refractivity (Wildman–Crippen MR) is 72.4 cm³/mol. The van der Waals surface area contributed by atoms with E-state index in [2.05, 4.69) is 11.4 Å². The molecule has 2 unspecified atom stereocenters. The number of rotatable bonds is 3. The molecule has 1 aromatic rings. The molecule has 1 saturated heterocycles. The number of alkyl halides is 3. The van der Waals surface area contributed by atoms with Crippen molar-refractivity contribution in [3.8, 4) is 0 Å². The number of hydrogen-bond donors (Lipinski definition) is 1. The van der Waals surface area contributed by atoms with Gasteiger partial charge in [-0.05, 0) is 43.7 Å². The largest absolute Gasteiger partial charge is 0.416 e. The van der Waals surface area contributed by atoms with Crippen LogP contribution in [0, 0.1) is 0 Å². The number of aryl methyl sites for hydroxylation is 1. The SMILES string of the molecule is FC(F)(F)c1cccc(CCC2=CC3CCC(C2)N3)c1. The Morgan fingerprint density at radius 2 is 2.00 bits per heavy atom. The van der Waals surface area contributed by atoms with E-state index in [-0.39, 0.29) is 0 Å². The summed E-state index contributed by atoms with van der Waals surface area (Å²) in [5, 5.41) is 3.52. The highest BCUT2D eigenvalue weighted by atomic mass is 19.4. The van der Waals surface area contributed by atoms with Gasteiger partial charge in [-0.1, -0.05) is 29.8 Å². The molecule has 1 nitrogen and oxygen atoms in total. The summed E-state index contributed by atoms with van der Waals surface area (Å²) in [4.78, 5) is 0. The Balaban J connectivity index is 1.64. The number of benzene rings is 1. The Bertz CT molecular complexity index is 519. The van der Waals surface area contributed by atoms with Crippen molar-refractivity contribution < 1.29 is 13.2 Å². The lowest BCUT2D eigenvalue weighted by Gasteiger charge is -2.21. The van der Waals surface area contributed by atoms with Gasteiger partial charge in [-0.15, -0.1) is 0 Å². The number of nitrogens with one attached hydrogen (secondary N) is 1. The highest BCUT2D eigenvalue weighted by molar-refractivity contribution is 5.27. The summed E-state index contributed by atoms with van der Waals surface area (Å²) in [6, 6.07) is 6.76. The van der Waals surface area contributed by atoms with E-state index < -0.39 is 11.7 Å². The van der Waals surface area contributed by atoms with Crippen molar-refractivity contribution in [1.29, 1.82) is 0 Å². The first kappa shape index (κ1) is 13.7. The third-order valence-corrected chi connectivity index (χ3v) is 4.21. The van der Waals surface area contributed by atoms with Crippen molar-refractivity contribution in [3.63, 3.8) is 0 Å². The fraction of sp³-hybridized carbons (Fsp3) is 0.500. The first-order valence-electron chi connectivity index (χ1n) is 7.12. The zero-order chi connectivity index (χ0) is 14.2. The van der Waals surface area contributed by atoms with Crippen LogP contribution in [0.4, 0.5) is 13.2 Å². The Morgan fingerprint density at radius 3 is 2.75 bits per heavy atom. The fourth-order valence-corrected chi connectivity index (χ4v) is 3.21. The molecule has 1 aromatic carbocycles. The van der Waals surface area contributed by atoms with Crippen molar-refractivity contribution >= 4 is 0 Å². The molecule has 2 heterocycles. The summed E-state index contributed by atoms with van der Waals surface area (Å²) in [6.07, 6.45) is 3.05. The van der Waals surface area contributed by atoms with Gasteiger partial charge in [0.15, 0.2) is 0 Å². The Morgan fingerprint density at radius 1 is 1.15 bits per heavy atom. The van der Waals surface area contributed by atoms with Gasteiger partial charge in [-0.3, -0.25) is 0 Å². The first-order valence-corrected chi connectivity index (χ1v) is 7.12. The average molecular weight is 281 g/mol. The molecule has 2 aliphatic rings. The molecule has 1 fully saturated rings. The average Bonchev–Trinajstić information content (AvgIpc) is 2.75. The van der Waals surface area contributed by atoms with Gasteiger partial charge in [0.2, 0.25) is 0 Å². The minimum absolute atomic E-state index is 0.491. The Labute approximate surface area is 116 Å². The van der Waals surface area contributed by atoms with E-state index in [1.165, 1.54) is 30.5 Å². The molecule has 3 rings (SSSR count). The van der Waals surface area contributed by atoms with Crippen LogP contribution in [-0.4, -0.2) is 12.1 Å². The third-order valence-electron chi connectivity index (χ3n) is 4.21. The highest BCUT2D eigenvalue weighted by Crippen LogP contribution is 2.31. The van der Waals surface area contributed by atoms with Crippen LogP contribution in [0.3, 0.4) is 0 Å².